The Labute approximate surface area is 186 Å². The largest absolute Gasteiger partial charge is 0.507 e. The molecule has 0 radical (unpaired) electrons. The van der Waals surface area contributed by atoms with Crippen LogP contribution >= 0.6 is 11.6 Å². The van der Waals surface area contributed by atoms with Crippen molar-refractivity contribution in [3.63, 3.8) is 0 Å². The van der Waals surface area contributed by atoms with Gasteiger partial charge in [0.05, 0.1) is 24.3 Å². The van der Waals surface area contributed by atoms with Gasteiger partial charge in [-0.15, -0.1) is 0 Å². The van der Waals surface area contributed by atoms with E-state index in [-0.39, 0.29) is 24.0 Å². The predicted molar refractivity (Wildman–Crippen MR) is 117 cm³/mol. The number of amides is 1. The third-order valence-electron chi connectivity index (χ3n) is 5.57. The number of rotatable bonds is 6. The van der Waals surface area contributed by atoms with Gasteiger partial charge >= 0.3 is 0 Å². The van der Waals surface area contributed by atoms with Crippen LogP contribution in [0.2, 0.25) is 5.02 Å². The van der Waals surface area contributed by atoms with Crippen molar-refractivity contribution < 1.29 is 24.2 Å². The molecule has 31 heavy (non-hydrogen) atoms. The normalized spacial score (nSPS) is 22.8. The van der Waals surface area contributed by atoms with Crippen molar-refractivity contribution in [2.75, 3.05) is 19.8 Å². The lowest BCUT2D eigenvalue weighted by Crippen LogP contribution is -2.36. The first-order valence-corrected chi connectivity index (χ1v) is 10.8. The summed E-state index contributed by atoms with van der Waals surface area (Å²) in [4.78, 5) is 27.5. The number of halogens is 1. The van der Waals surface area contributed by atoms with E-state index in [1.165, 1.54) is 4.90 Å². The fourth-order valence-electron chi connectivity index (χ4n) is 4.12. The molecule has 1 N–H and O–H groups in total. The highest BCUT2D eigenvalue weighted by molar-refractivity contribution is 6.46. The van der Waals surface area contributed by atoms with E-state index >= 15 is 0 Å². The molecule has 4 rings (SSSR count). The maximum absolute atomic E-state index is 13.1. The molecule has 2 saturated heterocycles. The van der Waals surface area contributed by atoms with E-state index in [1.54, 1.807) is 48.5 Å². The van der Waals surface area contributed by atoms with E-state index in [0.717, 1.165) is 12.8 Å². The Kier molecular flexibility index (Phi) is 6.30. The molecule has 2 atom stereocenters. The fourth-order valence-corrected chi connectivity index (χ4v) is 4.25. The van der Waals surface area contributed by atoms with Gasteiger partial charge in [0.15, 0.2) is 0 Å². The van der Waals surface area contributed by atoms with Crippen LogP contribution in [-0.4, -0.2) is 47.6 Å². The minimum Gasteiger partial charge on any atom is -0.507 e. The fraction of sp³-hybridized carbons (Fsp3) is 0.333. The van der Waals surface area contributed by atoms with Crippen molar-refractivity contribution in [3.8, 4) is 5.75 Å². The Morgan fingerprint density at radius 3 is 2.68 bits per heavy atom. The van der Waals surface area contributed by atoms with Crippen LogP contribution < -0.4 is 4.74 Å². The summed E-state index contributed by atoms with van der Waals surface area (Å²) in [5.41, 5.74) is 1.17. The molecule has 162 valence electrons. The summed E-state index contributed by atoms with van der Waals surface area (Å²) < 4.78 is 11.2. The summed E-state index contributed by atoms with van der Waals surface area (Å²) in [5.74, 6) is -1.01. The van der Waals surface area contributed by atoms with Crippen molar-refractivity contribution in [1.29, 1.82) is 0 Å². The maximum atomic E-state index is 13.1. The number of likely N-dealkylation sites (tertiary alicyclic amines) is 1. The van der Waals surface area contributed by atoms with Crippen LogP contribution in [0.15, 0.2) is 54.1 Å². The summed E-state index contributed by atoms with van der Waals surface area (Å²) in [6.07, 6.45) is 1.62. The van der Waals surface area contributed by atoms with Crippen molar-refractivity contribution in [3.05, 3.63) is 70.3 Å². The number of hydrogen-bond acceptors (Lipinski definition) is 5. The highest BCUT2D eigenvalue weighted by atomic mass is 35.5. The van der Waals surface area contributed by atoms with E-state index in [1.807, 2.05) is 6.92 Å². The second-order valence-corrected chi connectivity index (χ2v) is 8.04. The van der Waals surface area contributed by atoms with Crippen LogP contribution in [0, 0.1) is 0 Å². The summed E-state index contributed by atoms with van der Waals surface area (Å²) in [5, 5.41) is 11.7. The van der Waals surface area contributed by atoms with Gasteiger partial charge in [-0.25, -0.2) is 0 Å². The number of aliphatic hydroxyl groups excluding tert-OH is 1. The highest BCUT2D eigenvalue weighted by Crippen LogP contribution is 2.40. The van der Waals surface area contributed by atoms with Crippen LogP contribution in [0.3, 0.4) is 0 Å². The summed E-state index contributed by atoms with van der Waals surface area (Å²) in [6, 6.07) is 13.1. The molecule has 0 saturated carbocycles. The zero-order chi connectivity index (χ0) is 22.0. The van der Waals surface area contributed by atoms with Gasteiger partial charge in [-0.2, -0.15) is 0 Å². The first kappa shape index (κ1) is 21.4. The first-order chi connectivity index (χ1) is 15.0. The Balaban J connectivity index is 1.80. The molecule has 2 aromatic rings. The van der Waals surface area contributed by atoms with Crippen LogP contribution in [-0.2, 0) is 14.3 Å². The topological polar surface area (TPSA) is 76.1 Å². The quantitative estimate of drug-likeness (QED) is 0.410. The second kappa shape index (κ2) is 9.12. The minimum absolute atomic E-state index is 0.0546. The molecule has 2 aliphatic heterocycles. The molecule has 7 heteroatoms. The average molecular weight is 442 g/mol. The third kappa shape index (κ3) is 4.31. The number of aliphatic hydroxyl groups is 1. The Bertz CT molecular complexity index is 1010. The number of ether oxygens (including phenoxy) is 2. The van der Waals surface area contributed by atoms with E-state index < -0.39 is 17.7 Å². The smallest absolute Gasteiger partial charge is 0.295 e. The van der Waals surface area contributed by atoms with Gasteiger partial charge in [-0.05, 0) is 49.6 Å². The van der Waals surface area contributed by atoms with Gasteiger partial charge in [0.2, 0.25) is 0 Å². The number of ketones is 1. The summed E-state index contributed by atoms with van der Waals surface area (Å²) >= 11 is 6.05. The lowest BCUT2D eigenvalue weighted by molar-refractivity contribution is -0.140. The second-order valence-electron chi connectivity index (χ2n) is 7.60. The molecular formula is C24H24ClNO5. The number of carbonyl (C=O) groups is 2. The lowest BCUT2D eigenvalue weighted by atomic mass is 9.95. The zero-order valence-electron chi connectivity index (χ0n) is 17.2. The van der Waals surface area contributed by atoms with Gasteiger partial charge in [-0.1, -0.05) is 35.9 Å². The maximum Gasteiger partial charge on any atom is 0.295 e. The molecular weight excluding hydrogens is 418 g/mol. The van der Waals surface area contributed by atoms with E-state index in [9.17, 15) is 14.7 Å². The molecule has 1 amide bonds. The molecule has 2 fully saturated rings. The van der Waals surface area contributed by atoms with Crippen molar-refractivity contribution in [2.45, 2.75) is 31.9 Å². The van der Waals surface area contributed by atoms with E-state index in [4.69, 9.17) is 21.1 Å². The molecule has 2 unspecified atom stereocenters. The molecule has 0 aromatic heterocycles. The summed E-state index contributed by atoms with van der Waals surface area (Å²) in [7, 11) is 0. The zero-order valence-corrected chi connectivity index (χ0v) is 18.0. The number of nitrogens with zero attached hydrogens (tertiary/aromatic N) is 1. The predicted octanol–water partition coefficient (Wildman–Crippen LogP) is 4.34. The first-order valence-electron chi connectivity index (χ1n) is 10.4. The Morgan fingerprint density at radius 2 is 2.00 bits per heavy atom. The molecule has 2 heterocycles. The minimum atomic E-state index is -0.725. The van der Waals surface area contributed by atoms with Gasteiger partial charge in [0.1, 0.15) is 11.5 Å². The van der Waals surface area contributed by atoms with Gasteiger partial charge in [-0.3, -0.25) is 9.59 Å². The number of Topliss-reactive ketones (excluding diaryl/α,β-unsaturated/α-hetero) is 1. The molecule has 6 nitrogen and oxygen atoms in total. The Hall–Kier alpha value is -2.83. The van der Waals surface area contributed by atoms with Gasteiger partial charge in [0.25, 0.3) is 11.7 Å². The standard InChI is InChI=1S/C24H24ClNO5/c1-2-30-18-6-3-5-16(13-18)22(27)20-21(15-8-10-17(25)11-9-15)26(24(29)23(20)28)14-19-7-4-12-31-19/h3,5-6,8-11,13,19,21,27H,2,4,7,12,14H2,1H3/b22-20-. The van der Waals surface area contributed by atoms with Crippen LogP contribution in [0.4, 0.5) is 0 Å². The van der Waals surface area contributed by atoms with Crippen molar-refractivity contribution >= 4 is 29.1 Å². The summed E-state index contributed by atoms with van der Waals surface area (Å²) in [6.45, 7) is 3.27. The number of carbonyl (C=O) groups excluding carboxylic acids is 2. The van der Waals surface area contributed by atoms with Crippen LogP contribution in [0.25, 0.3) is 5.76 Å². The molecule has 0 aliphatic carbocycles. The van der Waals surface area contributed by atoms with Gasteiger partial charge in [0, 0.05) is 23.7 Å². The van der Waals surface area contributed by atoms with E-state index in [2.05, 4.69) is 0 Å². The SMILES string of the molecule is CCOc1cccc(/C(O)=C2/C(=O)C(=O)N(CC3CCCO3)C2c2ccc(Cl)cc2)c1. The van der Waals surface area contributed by atoms with Crippen LogP contribution in [0.5, 0.6) is 5.75 Å². The molecule has 0 bridgehead atoms. The van der Waals surface area contributed by atoms with E-state index in [0.29, 0.717) is 35.1 Å². The number of benzene rings is 2. The molecule has 2 aliphatic rings. The number of hydrogen-bond donors (Lipinski definition) is 1. The monoisotopic (exact) mass is 441 g/mol. The third-order valence-corrected chi connectivity index (χ3v) is 5.82. The van der Waals surface area contributed by atoms with Gasteiger partial charge < -0.3 is 19.5 Å². The molecule has 2 aromatic carbocycles. The van der Waals surface area contributed by atoms with Crippen LogP contribution in [0.1, 0.15) is 36.9 Å². The Morgan fingerprint density at radius 1 is 1.23 bits per heavy atom. The average Bonchev–Trinajstić information content (AvgIpc) is 3.37. The van der Waals surface area contributed by atoms with Crippen molar-refractivity contribution in [1.82, 2.24) is 4.90 Å². The lowest BCUT2D eigenvalue weighted by Gasteiger charge is -2.27. The molecule has 0 spiro atoms. The highest BCUT2D eigenvalue weighted by Gasteiger charge is 2.47. The van der Waals surface area contributed by atoms with Crippen molar-refractivity contribution in [2.24, 2.45) is 0 Å².